The molecule has 0 aliphatic heterocycles. The smallest absolute Gasteiger partial charge is 0.270 e. The summed E-state index contributed by atoms with van der Waals surface area (Å²) >= 11 is 1.08. The minimum Gasteiger partial charge on any atom is -0.351 e. The molecule has 29 heavy (non-hydrogen) atoms. The van der Waals surface area contributed by atoms with E-state index < -0.39 is 10.8 Å². The summed E-state index contributed by atoms with van der Waals surface area (Å²) in [4.78, 5) is 31.6. The van der Waals surface area contributed by atoms with Crippen LogP contribution in [0.25, 0.3) is 11.3 Å². The van der Waals surface area contributed by atoms with Gasteiger partial charge in [0.25, 0.3) is 5.56 Å². The van der Waals surface area contributed by atoms with Crippen LogP contribution in [0.2, 0.25) is 0 Å². The lowest BCUT2D eigenvalue weighted by molar-refractivity contribution is -0.120. The van der Waals surface area contributed by atoms with Crippen LogP contribution in [0.1, 0.15) is 18.1 Å². The summed E-state index contributed by atoms with van der Waals surface area (Å²) in [7, 11) is 0. The van der Waals surface area contributed by atoms with Gasteiger partial charge in [0.05, 0.1) is 10.9 Å². The van der Waals surface area contributed by atoms with E-state index in [2.05, 4.69) is 15.3 Å². The molecule has 2 N–H and O–H groups in total. The van der Waals surface area contributed by atoms with E-state index in [-0.39, 0.29) is 34.7 Å². The Bertz CT molecular complexity index is 1110. The van der Waals surface area contributed by atoms with E-state index in [1.807, 2.05) is 12.1 Å². The molecule has 0 fully saturated rings. The summed E-state index contributed by atoms with van der Waals surface area (Å²) < 4.78 is 13.0. The number of aromatic nitrogens is 2. The summed E-state index contributed by atoms with van der Waals surface area (Å²) in [5, 5.41) is 11.8. The maximum absolute atomic E-state index is 13.0. The molecule has 0 saturated heterocycles. The molecule has 0 bridgehead atoms. The van der Waals surface area contributed by atoms with Crippen molar-refractivity contribution < 1.29 is 9.18 Å². The van der Waals surface area contributed by atoms with Gasteiger partial charge in [0.2, 0.25) is 5.91 Å². The molecule has 8 heteroatoms. The molecule has 1 aromatic heterocycles. The van der Waals surface area contributed by atoms with Crippen LogP contribution in [-0.2, 0) is 11.3 Å². The van der Waals surface area contributed by atoms with Gasteiger partial charge in [0, 0.05) is 12.1 Å². The Kier molecular flexibility index (Phi) is 6.42. The van der Waals surface area contributed by atoms with Crippen molar-refractivity contribution in [2.75, 3.05) is 0 Å². The van der Waals surface area contributed by atoms with Crippen molar-refractivity contribution in [3.63, 3.8) is 0 Å². The number of rotatable bonds is 6. The number of hydrogen-bond donors (Lipinski definition) is 2. The second-order valence-electron chi connectivity index (χ2n) is 6.18. The number of nitrogens with zero attached hydrogens (tertiary/aromatic N) is 2. The molecule has 146 valence electrons. The fourth-order valence-corrected chi connectivity index (χ4v) is 3.39. The number of thioether (sulfide) groups is 1. The molecule has 0 unspecified atom stereocenters. The fourth-order valence-electron chi connectivity index (χ4n) is 2.57. The van der Waals surface area contributed by atoms with Gasteiger partial charge < -0.3 is 10.3 Å². The van der Waals surface area contributed by atoms with Crippen molar-refractivity contribution in [2.45, 2.75) is 23.9 Å². The van der Waals surface area contributed by atoms with Gasteiger partial charge in [-0.25, -0.2) is 9.37 Å². The number of benzene rings is 2. The first-order chi connectivity index (χ1) is 14.0. The minimum atomic E-state index is -0.553. The molecule has 2 aromatic carbocycles. The summed E-state index contributed by atoms with van der Waals surface area (Å²) in [5.74, 6) is -0.596. The first kappa shape index (κ1) is 20.3. The Morgan fingerprint density at radius 3 is 2.59 bits per heavy atom. The third kappa shape index (κ3) is 5.09. The molecule has 0 saturated carbocycles. The Hall–Kier alpha value is -3.44. The molecular weight excluding hydrogens is 391 g/mol. The highest BCUT2D eigenvalue weighted by Gasteiger charge is 2.19. The minimum absolute atomic E-state index is 0.0750. The van der Waals surface area contributed by atoms with Gasteiger partial charge in [-0.3, -0.25) is 9.59 Å². The molecular formula is C21H17FN4O2S. The zero-order chi connectivity index (χ0) is 20.8. The number of aromatic amines is 1. The van der Waals surface area contributed by atoms with Gasteiger partial charge in [-0.1, -0.05) is 54.2 Å². The van der Waals surface area contributed by atoms with E-state index in [0.29, 0.717) is 5.56 Å². The maximum Gasteiger partial charge on any atom is 0.270 e. The monoisotopic (exact) mass is 408 g/mol. The van der Waals surface area contributed by atoms with Gasteiger partial charge in [0.1, 0.15) is 17.4 Å². The number of carbonyl (C=O) groups is 1. The van der Waals surface area contributed by atoms with Crippen molar-refractivity contribution in [1.82, 2.24) is 15.3 Å². The van der Waals surface area contributed by atoms with E-state index in [0.717, 1.165) is 17.3 Å². The van der Waals surface area contributed by atoms with Gasteiger partial charge in [-0.15, -0.1) is 0 Å². The highest BCUT2D eigenvalue weighted by molar-refractivity contribution is 8.00. The predicted molar refractivity (Wildman–Crippen MR) is 109 cm³/mol. The number of nitriles is 1. The quantitative estimate of drug-likeness (QED) is 0.482. The Morgan fingerprint density at radius 1 is 1.24 bits per heavy atom. The van der Waals surface area contributed by atoms with E-state index in [4.69, 9.17) is 0 Å². The lowest BCUT2D eigenvalue weighted by Crippen LogP contribution is -2.30. The van der Waals surface area contributed by atoms with E-state index in [9.17, 15) is 19.2 Å². The van der Waals surface area contributed by atoms with Crippen LogP contribution in [0.15, 0.2) is 64.5 Å². The molecule has 6 nitrogen and oxygen atoms in total. The van der Waals surface area contributed by atoms with Crippen LogP contribution in [0.5, 0.6) is 0 Å². The van der Waals surface area contributed by atoms with Crippen LogP contribution in [-0.4, -0.2) is 21.1 Å². The molecule has 1 atom stereocenters. The van der Waals surface area contributed by atoms with Crippen molar-refractivity contribution in [3.8, 4) is 17.3 Å². The van der Waals surface area contributed by atoms with Crippen LogP contribution in [0, 0.1) is 17.1 Å². The number of nitrogens with one attached hydrogen (secondary N) is 2. The molecule has 3 aromatic rings. The predicted octanol–water partition coefficient (Wildman–Crippen LogP) is 3.24. The molecule has 0 spiro atoms. The van der Waals surface area contributed by atoms with Crippen molar-refractivity contribution >= 4 is 17.7 Å². The highest BCUT2D eigenvalue weighted by Crippen LogP contribution is 2.24. The third-order valence-electron chi connectivity index (χ3n) is 4.09. The molecule has 1 heterocycles. The zero-order valence-electron chi connectivity index (χ0n) is 15.5. The Morgan fingerprint density at radius 2 is 1.93 bits per heavy atom. The molecule has 3 rings (SSSR count). The highest BCUT2D eigenvalue weighted by atomic mass is 32.2. The summed E-state index contributed by atoms with van der Waals surface area (Å²) in [6.45, 7) is 1.95. The van der Waals surface area contributed by atoms with Crippen LogP contribution < -0.4 is 10.9 Å². The molecule has 0 aliphatic rings. The van der Waals surface area contributed by atoms with Crippen LogP contribution >= 0.6 is 11.8 Å². The number of halogens is 1. The van der Waals surface area contributed by atoms with Crippen molar-refractivity contribution in [3.05, 3.63) is 81.9 Å². The third-order valence-corrected chi connectivity index (χ3v) is 5.08. The molecule has 0 radical (unpaired) electrons. The topological polar surface area (TPSA) is 98.6 Å². The largest absolute Gasteiger partial charge is 0.351 e. The second-order valence-corrected chi connectivity index (χ2v) is 7.51. The average Bonchev–Trinajstić information content (AvgIpc) is 2.73. The van der Waals surface area contributed by atoms with Gasteiger partial charge in [-0.2, -0.15) is 5.26 Å². The van der Waals surface area contributed by atoms with Crippen molar-refractivity contribution in [1.29, 1.82) is 5.26 Å². The Balaban J connectivity index is 1.74. The number of carbonyl (C=O) groups excluding carboxylic acids is 1. The lowest BCUT2D eigenvalue weighted by atomic mass is 10.1. The molecule has 1 amide bonds. The zero-order valence-corrected chi connectivity index (χ0v) is 16.3. The summed E-state index contributed by atoms with van der Waals surface area (Å²) in [5.41, 5.74) is 1.06. The summed E-state index contributed by atoms with van der Waals surface area (Å²) in [6, 6.07) is 16.7. The summed E-state index contributed by atoms with van der Waals surface area (Å²) in [6.07, 6.45) is 0. The fraction of sp³-hybridized carbons (Fsp3) is 0.143. The van der Waals surface area contributed by atoms with Gasteiger partial charge in [0.15, 0.2) is 5.16 Å². The van der Waals surface area contributed by atoms with E-state index in [1.165, 1.54) is 12.1 Å². The number of H-pyrrole nitrogens is 1. The standard InChI is InChI=1S/C21H17FN4O2S/c1-13(19(27)24-12-14-7-9-16(22)10-8-14)29-21-25-18(15-5-3-2-4-6-15)17(11-23)20(28)26-21/h2-10,13H,12H2,1H3,(H,24,27)(H,25,26,28)/t13-/m1/s1. The van der Waals surface area contributed by atoms with E-state index in [1.54, 1.807) is 43.3 Å². The number of hydrogen-bond acceptors (Lipinski definition) is 5. The normalized spacial score (nSPS) is 11.5. The first-order valence-electron chi connectivity index (χ1n) is 8.76. The van der Waals surface area contributed by atoms with Crippen LogP contribution in [0.3, 0.4) is 0 Å². The second kappa shape index (κ2) is 9.17. The van der Waals surface area contributed by atoms with E-state index >= 15 is 0 Å². The number of amides is 1. The molecule has 0 aliphatic carbocycles. The SMILES string of the molecule is C[C@@H](Sc1nc(-c2ccccc2)c(C#N)c(=O)[nH]1)C(=O)NCc1ccc(F)cc1. The van der Waals surface area contributed by atoms with Gasteiger partial charge >= 0.3 is 0 Å². The maximum atomic E-state index is 13.0. The lowest BCUT2D eigenvalue weighted by Gasteiger charge is -2.12. The average molecular weight is 408 g/mol. The van der Waals surface area contributed by atoms with Crippen LogP contribution in [0.4, 0.5) is 4.39 Å². The van der Waals surface area contributed by atoms with Gasteiger partial charge in [-0.05, 0) is 24.6 Å². The Labute approximate surface area is 170 Å². The van der Waals surface area contributed by atoms with Crippen molar-refractivity contribution in [2.24, 2.45) is 0 Å². The first-order valence-corrected chi connectivity index (χ1v) is 9.64.